The summed E-state index contributed by atoms with van der Waals surface area (Å²) >= 11 is 7.41. The fraction of sp³-hybridized carbons (Fsp3) is 0.263. The summed E-state index contributed by atoms with van der Waals surface area (Å²) in [5, 5.41) is 3.29. The van der Waals surface area contributed by atoms with Crippen molar-refractivity contribution in [3.63, 3.8) is 0 Å². The Labute approximate surface area is 162 Å². The molecule has 138 valence electrons. The van der Waals surface area contributed by atoms with Gasteiger partial charge in [-0.3, -0.25) is 4.79 Å². The van der Waals surface area contributed by atoms with E-state index in [9.17, 15) is 9.59 Å². The highest BCUT2D eigenvalue weighted by Crippen LogP contribution is 2.17. The van der Waals surface area contributed by atoms with Crippen LogP contribution in [-0.2, 0) is 14.3 Å². The van der Waals surface area contributed by atoms with Crippen LogP contribution in [0, 0.1) is 6.92 Å². The minimum absolute atomic E-state index is 0.266. The zero-order chi connectivity index (χ0) is 18.8. The number of hydrogen-bond acceptors (Lipinski definition) is 5. The molecule has 1 amide bonds. The maximum absolute atomic E-state index is 11.7. The van der Waals surface area contributed by atoms with Gasteiger partial charge >= 0.3 is 5.97 Å². The van der Waals surface area contributed by atoms with E-state index >= 15 is 0 Å². The Kier molecular flexibility index (Phi) is 8.31. The van der Waals surface area contributed by atoms with Gasteiger partial charge in [-0.1, -0.05) is 29.3 Å². The average molecular weight is 394 g/mol. The molecular weight excluding hydrogens is 374 g/mol. The summed E-state index contributed by atoms with van der Waals surface area (Å²) in [5.74, 6) is 0.296. The Bertz CT molecular complexity index is 719. The van der Waals surface area contributed by atoms with Crippen LogP contribution in [0.25, 0.3) is 0 Å². The molecule has 0 spiro atoms. The number of carbonyl (C=O) groups excluding carboxylic acids is 2. The van der Waals surface area contributed by atoms with Crippen molar-refractivity contribution in [2.75, 3.05) is 25.5 Å². The van der Waals surface area contributed by atoms with Gasteiger partial charge in [-0.2, -0.15) is 0 Å². The monoisotopic (exact) mass is 393 g/mol. The first kappa shape index (κ1) is 20.1. The SMILES string of the molecule is Cc1ccc(SCCNC(=O)COC(=O)COc2ccc(Cl)cc2)cc1. The van der Waals surface area contributed by atoms with Crippen molar-refractivity contribution in [1.29, 1.82) is 0 Å². The molecule has 0 unspecified atom stereocenters. The summed E-state index contributed by atoms with van der Waals surface area (Å²) in [5.41, 5.74) is 1.21. The van der Waals surface area contributed by atoms with Gasteiger partial charge < -0.3 is 14.8 Å². The van der Waals surface area contributed by atoms with Gasteiger partial charge in [0.1, 0.15) is 5.75 Å². The molecule has 0 heterocycles. The summed E-state index contributed by atoms with van der Waals surface area (Å²) in [7, 11) is 0. The lowest BCUT2D eigenvalue weighted by Gasteiger charge is -2.08. The van der Waals surface area contributed by atoms with E-state index < -0.39 is 5.97 Å². The minimum atomic E-state index is -0.607. The van der Waals surface area contributed by atoms with E-state index in [4.69, 9.17) is 21.1 Å². The largest absolute Gasteiger partial charge is 0.482 e. The summed E-state index contributed by atoms with van der Waals surface area (Å²) in [6.45, 7) is 1.95. The van der Waals surface area contributed by atoms with Crippen LogP contribution in [-0.4, -0.2) is 37.4 Å². The molecule has 0 saturated carbocycles. The van der Waals surface area contributed by atoms with Gasteiger partial charge in [-0.25, -0.2) is 4.79 Å². The number of benzene rings is 2. The molecule has 0 aliphatic heterocycles. The summed E-state index contributed by atoms with van der Waals surface area (Å²) in [4.78, 5) is 24.4. The van der Waals surface area contributed by atoms with Crippen LogP contribution in [0.15, 0.2) is 53.4 Å². The molecule has 0 radical (unpaired) electrons. The van der Waals surface area contributed by atoms with E-state index in [-0.39, 0.29) is 19.1 Å². The van der Waals surface area contributed by atoms with Crippen molar-refractivity contribution in [1.82, 2.24) is 5.32 Å². The predicted octanol–water partition coefficient (Wildman–Crippen LogP) is 3.48. The Morgan fingerprint density at radius 3 is 2.42 bits per heavy atom. The first-order valence-corrected chi connectivity index (χ1v) is 9.39. The third-order valence-electron chi connectivity index (χ3n) is 3.25. The highest BCUT2D eigenvalue weighted by Gasteiger charge is 2.08. The van der Waals surface area contributed by atoms with Crippen molar-refractivity contribution in [3.05, 3.63) is 59.1 Å². The van der Waals surface area contributed by atoms with Crippen LogP contribution in [0.4, 0.5) is 0 Å². The normalized spacial score (nSPS) is 10.2. The van der Waals surface area contributed by atoms with Gasteiger partial charge in [0, 0.05) is 22.2 Å². The molecule has 0 saturated heterocycles. The van der Waals surface area contributed by atoms with Crippen LogP contribution in [0.3, 0.4) is 0 Å². The average Bonchev–Trinajstić information content (AvgIpc) is 2.64. The van der Waals surface area contributed by atoms with Crippen molar-refractivity contribution in [3.8, 4) is 5.75 Å². The summed E-state index contributed by atoms with van der Waals surface area (Å²) < 4.78 is 10.1. The number of aryl methyl sites for hydroxylation is 1. The van der Waals surface area contributed by atoms with Crippen LogP contribution < -0.4 is 10.1 Å². The van der Waals surface area contributed by atoms with Crippen molar-refractivity contribution < 1.29 is 19.1 Å². The van der Waals surface area contributed by atoms with Crippen molar-refractivity contribution in [2.45, 2.75) is 11.8 Å². The second-order valence-electron chi connectivity index (χ2n) is 5.41. The lowest BCUT2D eigenvalue weighted by Crippen LogP contribution is -2.31. The molecule has 0 aliphatic rings. The second-order valence-corrected chi connectivity index (χ2v) is 7.02. The molecule has 0 bridgehead atoms. The number of carbonyl (C=O) groups is 2. The topological polar surface area (TPSA) is 64.6 Å². The Balaban J connectivity index is 1.55. The Morgan fingerprint density at radius 1 is 1.04 bits per heavy atom. The third kappa shape index (κ3) is 7.80. The highest BCUT2D eigenvalue weighted by molar-refractivity contribution is 7.99. The lowest BCUT2D eigenvalue weighted by atomic mass is 10.2. The van der Waals surface area contributed by atoms with E-state index in [0.717, 1.165) is 10.6 Å². The van der Waals surface area contributed by atoms with E-state index in [1.807, 2.05) is 31.2 Å². The number of esters is 1. The molecular formula is C19H20ClNO4S. The molecule has 1 N–H and O–H groups in total. The van der Waals surface area contributed by atoms with Crippen molar-refractivity contribution >= 4 is 35.2 Å². The fourth-order valence-corrected chi connectivity index (χ4v) is 2.80. The molecule has 0 aliphatic carbocycles. The molecule has 2 aromatic carbocycles. The van der Waals surface area contributed by atoms with E-state index in [0.29, 0.717) is 17.3 Å². The number of hydrogen-bond donors (Lipinski definition) is 1. The van der Waals surface area contributed by atoms with Crippen LogP contribution >= 0.6 is 23.4 Å². The van der Waals surface area contributed by atoms with Gasteiger partial charge in [0.2, 0.25) is 0 Å². The molecule has 2 rings (SSSR count). The van der Waals surface area contributed by atoms with Crippen LogP contribution in [0.5, 0.6) is 5.75 Å². The summed E-state index contributed by atoms with van der Waals surface area (Å²) in [6.07, 6.45) is 0. The number of amides is 1. The van der Waals surface area contributed by atoms with Gasteiger partial charge in [-0.05, 0) is 43.3 Å². The first-order valence-electron chi connectivity index (χ1n) is 8.03. The number of halogens is 1. The maximum atomic E-state index is 11.7. The smallest absolute Gasteiger partial charge is 0.344 e. The number of ether oxygens (including phenoxy) is 2. The molecule has 7 heteroatoms. The van der Waals surface area contributed by atoms with Crippen LogP contribution in [0.2, 0.25) is 5.02 Å². The molecule has 0 atom stereocenters. The van der Waals surface area contributed by atoms with E-state index in [1.165, 1.54) is 5.56 Å². The molecule has 0 fully saturated rings. The number of nitrogens with one attached hydrogen (secondary N) is 1. The van der Waals surface area contributed by atoms with E-state index in [2.05, 4.69) is 5.32 Å². The zero-order valence-electron chi connectivity index (χ0n) is 14.4. The minimum Gasteiger partial charge on any atom is -0.482 e. The van der Waals surface area contributed by atoms with Gasteiger partial charge in [-0.15, -0.1) is 11.8 Å². The fourth-order valence-electron chi connectivity index (χ4n) is 1.91. The molecule has 26 heavy (non-hydrogen) atoms. The standard InChI is InChI=1S/C19H20ClNO4S/c1-14-2-8-17(9-3-14)26-11-10-21-18(22)12-25-19(23)13-24-16-6-4-15(20)5-7-16/h2-9H,10-13H2,1H3,(H,21,22). The Morgan fingerprint density at radius 2 is 1.73 bits per heavy atom. The molecule has 0 aromatic heterocycles. The van der Waals surface area contributed by atoms with Gasteiger partial charge in [0.25, 0.3) is 5.91 Å². The van der Waals surface area contributed by atoms with Crippen LogP contribution in [0.1, 0.15) is 5.56 Å². The quantitative estimate of drug-likeness (QED) is 0.401. The number of thioether (sulfide) groups is 1. The maximum Gasteiger partial charge on any atom is 0.344 e. The zero-order valence-corrected chi connectivity index (χ0v) is 15.9. The predicted molar refractivity (Wildman–Crippen MR) is 103 cm³/mol. The summed E-state index contributed by atoms with van der Waals surface area (Å²) in [6, 6.07) is 14.8. The van der Waals surface area contributed by atoms with Crippen molar-refractivity contribution in [2.24, 2.45) is 0 Å². The van der Waals surface area contributed by atoms with Gasteiger partial charge in [0.15, 0.2) is 13.2 Å². The lowest BCUT2D eigenvalue weighted by molar-refractivity contribution is -0.150. The Hall–Kier alpha value is -2.18. The van der Waals surface area contributed by atoms with Gasteiger partial charge in [0.05, 0.1) is 0 Å². The third-order valence-corrected chi connectivity index (χ3v) is 4.51. The van der Waals surface area contributed by atoms with E-state index in [1.54, 1.807) is 36.0 Å². The highest BCUT2D eigenvalue weighted by atomic mass is 35.5. The second kappa shape index (κ2) is 10.7. The number of rotatable bonds is 9. The molecule has 5 nitrogen and oxygen atoms in total. The first-order chi connectivity index (χ1) is 12.5. The molecule has 2 aromatic rings.